The average molecular weight is 80.9 g/mol. The highest BCUT2D eigenvalue weighted by Crippen LogP contribution is 2.04. The SMILES string of the molecule is [B]CC1CNC1. The maximum absolute atomic E-state index is 5.29. The third kappa shape index (κ3) is 0.572. The predicted molar refractivity (Wildman–Crippen MR) is 26.9 cm³/mol. The number of nitrogens with one attached hydrogen (secondary N) is 1. The highest BCUT2D eigenvalue weighted by atomic mass is 14.9. The van der Waals surface area contributed by atoms with Gasteiger partial charge >= 0.3 is 0 Å². The lowest BCUT2D eigenvalue weighted by molar-refractivity contribution is 0.379. The van der Waals surface area contributed by atoms with Crippen LogP contribution in [0.2, 0.25) is 6.32 Å². The largest absolute Gasteiger partial charge is 0.316 e. The molecule has 0 saturated carbocycles. The molecule has 32 valence electrons. The molecule has 1 fully saturated rings. The van der Waals surface area contributed by atoms with Gasteiger partial charge in [-0.15, -0.1) is 0 Å². The molecule has 6 heavy (non-hydrogen) atoms. The van der Waals surface area contributed by atoms with Crippen LogP contribution in [0, 0.1) is 5.92 Å². The second kappa shape index (κ2) is 1.65. The summed E-state index contributed by atoms with van der Waals surface area (Å²) >= 11 is 0. The van der Waals surface area contributed by atoms with Crippen LogP contribution in [0.4, 0.5) is 0 Å². The summed E-state index contributed by atoms with van der Waals surface area (Å²) < 4.78 is 0. The molecule has 1 N–H and O–H groups in total. The molecule has 0 unspecified atom stereocenters. The Kier molecular flexibility index (Phi) is 1.15. The normalized spacial score (nSPS) is 23.3. The van der Waals surface area contributed by atoms with Gasteiger partial charge in [0, 0.05) is 0 Å². The van der Waals surface area contributed by atoms with Gasteiger partial charge in [0.1, 0.15) is 0 Å². The van der Waals surface area contributed by atoms with E-state index in [2.05, 4.69) is 5.32 Å². The van der Waals surface area contributed by atoms with Gasteiger partial charge in [-0.25, -0.2) is 0 Å². The van der Waals surface area contributed by atoms with Crippen molar-refractivity contribution in [3.63, 3.8) is 0 Å². The quantitative estimate of drug-likeness (QED) is 0.430. The minimum absolute atomic E-state index is 0.782. The molecule has 0 spiro atoms. The third-order valence-electron chi connectivity index (χ3n) is 1.20. The topological polar surface area (TPSA) is 12.0 Å². The first-order valence-electron chi connectivity index (χ1n) is 2.34. The fourth-order valence-corrected chi connectivity index (χ4v) is 0.515. The van der Waals surface area contributed by atoms with Gasteiger partial charge in [0.2, 0.25) is 0 Å². The van der Waals surface area contributed by atoms with Gasteiger partial charge in [-0.3, -0.25) is 0 Å². The first-order valence-corrected chi connectivity index (χ1v) is 2.34. The summed E-state index contributed by atoms with van der Waals surface area (Å²) in [5.41, 5.74) is 0. The summed E-state index contributed by atoms with van der Waals surface area (Å²) in [5.74, 6) is 0.782. The van der Waals surface area contributed by atoms with E-state index in [1.165, 1.54) is 0 Å². The second-order valence-electron chi connectivity index (χ2n) is 1.76. The Labute approximate surface area is 39.5 Å². The zero-order valence-corrected chi connectivity index (χ0v) is 3.78. The first kappa shape index (κ1) is 4.19. The minimum Gasteiger partial charge on any atom is -0.316 e. The van der Waals surface area contributed by atoms with Crippen molar-refractivity contribution in [2.24, 2.45) is 5.92 Å². The first-order chi connectivity index (χ1) is 2.93. The molecule has 0 amide bonds. The van der Waals surface area contributed by atoms with Crippen LogP contribution in [-0.4, -0.2) is 20.9 Å². The number of hydrogen-bond acceptors (Lipinski definition) is 1. The number of hydrogen-bond donors (Lipinski definition) is 1. The minimum atomic E-state index is 0.782. The van der Waals surface area contributed by atoms with E-state index in [1.54, 1.807) is 0 Å². The van der Waals surface area contributed by atoms with Crippen molar-refractivity contribution >= 4 is 7.85 Å². The van der Waals surface area contributed by atoms with Gasteiger partial charge in [-0.2, -0.15) is 0 Å². The molecule has 0 aromatic heterocycles. The van der Waals surface area contributed by atoms with Crippen LogP contribution in [0.5, 0.6) is 0 Å². The highest BCUT2D eigenvalue weighted by molar-refractivity contribution is 6.08. The molecule has 2 radical (unpaired) electrons. The van der Waals surface area contributed by atoms with Crippen molar-refractivity contribution in [1.29, 1.82) is 0 Å². The van der Waals surface area contributed by atoms with Crippen LogP contribution >= 0.6 is 0 Å². The van der Waals surface area contributed by atoms with Crippen LogP contribution in [0.1, 0.15) is 0 Å². The molecule has 0 aromatic rings. The number of rotatable bonds is 1. The standard InChI is InChI=1S/C4H8BN/c5-1-4-2-6-3-4/h4,6H,1-3H2. The summed E-state index contributed by atoms with van der Waals surface area (Å²) in [6.07, 6.45) is 0.854. The van der Waals surface area contributed by atoms with Crippen molar-refractivity contribution in [3.05, 3.63) is 0 Å². The van der Waals surface area contributed by atoms with Gasteiger partial charge in [0.05, 0.1) is 7.85 Å². The lowest BCUT2D eigenvalue weighted by Crippen LogP contribution is -2.41. The zero-order chi connectivity index (χ0) is 4.41. The molecular weight excluding hydrogens is 72.9 g/mol. The Morgan fingerprint density at radius 1 is 1.67 bits per heavy atom. The fraction of sp³-hybridized carbons (Fsp3) is 1.00. The van der Waals surface area contributed by atoms with E-state index in [9.17, 15) is 0 Å². The molecule has 0 aromatic carbocycles. The third-order valence-corrected chi connectivity index (χ3v) is 1.20. The monoisotopic (exact) mass is 81.1 g/mol. The molecule has 0 bridgehead atoms. The molecule has 1 nitrogen and oxygen atoms in total. The Hall–Kier alpha value is 0.0249. The van der Waals surface area contributed by atoms with Crippen LogP contribution < -0.4 is 5.32 Å². The lowest BCUT2D eigenvalue weighted by atomic mass is 9.87. The summed E-state index contributed by atoms with van der Waals surface area (Å²) in [5, 5.41) is 3.13. The summed E-state index contributed by atoms with van der Waals surface area (Å²) in [4.78, 5) is 0. The van der Waals surface area contributed by atoms with Gasteiger partial charge < -0.3 is 5.32 Å². The van der Waals surface area contributed by atoms with Crippen molar-refractivity contribution < 1.29 is 0 Å². The zero-order valence-electron chi connectivity index (χ0n) is 3.78. The molecule has 1 rings (SSSR count). The Bertz CT molecular complexity index is 40.1. The van der Waals surface area contributed by atoms with E-state index < -0.39 is 0 Å². The van der Waals surface area contributed by atoms with E-state index in [0.29, 0.717) is 0 Å². The van der Waals surface area contributed by atoms with Gasteiger partial charge in [-0.05, 0) is 19.0 Å². The molecule has 0 aliphatic carbocycles. The average Bonchev–Trinajstić information content (AvgIpc) is 1.31. The highest BCUT2D eigenvalue weighted by Gasteiger charge is 2.11. The summed E-state index contributed by atoms with van der Waals surface area (Å²) in [7, 11) is 5.29. The Morgan fingerprint density at radius 3 is 2.33 bits per heavy atom. The molecule has 1 aliphatic rings. The molecule has 0 atom stereocenters. The smallest absolute Gasteiger partial charge is 0.0658 e. The van der Waals surface area contributed by atoms with E-state index in [0.717, 1.165) is 25.3 Å². The Balaban J connectivity index is 2.01. The maximum Gasteiger partial charge on any atom is 0.0658 e. The fourth-order valence-electron chi connectivity index (χ4n) is 0.515. The van der Waals surface area contributed by atoms with Crippen LogP contribution in [0.25, 0.3) is 0 Å². The van der Waals surface area contributed by atoms with Crippen LogP contribution in [0.15, 0.2) is 0 Å². The molecular formula is C4H8BN. The summed E-state index contributed by atoms with van der Waals surface area (Å²) in [6.45, 7) is 2.27. The van der Waals surface area contributed by atoms with E-state index in [-0.39, 0.29) is 0 Å². The predicted octanol–water partition coefficient (Wildman–Crippen LogP) is -0.207. The molecule has 1 heterocycles. The van der Waals surface area contributed by atoms with Gasteiger partial charge in [0.15, 0.2) is 0 Å². The summed E-state index contributed by atoms with van der Waals surface area (Å²) in [6, 6.07) is 0. The van der Waals surface area contributed by atoms with E-state index in [4.69, 9.17) is 7.85 Å². The van der Waals surface area contributed by atoms with Crippen molar-refractivity contribution in [1.82, 2.24) is 5.32 Å². The van der Waals surface area contributed by atoms with Crippen molar-refractivity contribution in [3.8, 4) is 0 Å². The second-order valence-corrected chi connectivity index (χ2v) is 1.76. The van der Waals surface area contributed by atoms with Crippen LogP contribution in [0.3, 0.4) is 0 Å². The van der Waals surface area contributed by atoms with Gasteiger partial charge in [-0.1, -0.05) is 6.32 Å². The Morgan fingerprint density at radius 2 is 2.33 bits per heavy atom. The van der Waals surface area contributed by atoms with E-state index in [1.807, 2.05) is 0 Å². The van der Waals surface area contributed by atoms with Crippen molar-refractivity contribution in [2.45, 2.75) is 6.32 Å². The molecule has 1 aliphatic heterocycles. The van der Waals surface area contributed by atoms with Crippen LogP contribution in [-0.2, 0) is 0 Å². The van der Waals surface area contributed by atoms with Gasteiger partial charge in [0.25, 0.3) is 0 Å². The van der Waals surface area contributed by atoms with Crippen molar-refractivity contribution in [2.75, 3.05) is 13.1 Å². The molecule has 1 saturated heterocycles. The maximum atomic E-state index is 5.29. The lowest BCUT2D eigenvalue weighted by Gasteiger charge is -2.25. The molecule has 2 heteroatoms. The van der Waals surface area contributed by atoms with E-state index >= 15 is 0 Å².